The molecule has 0 amide bonds. The Hall–Kier alpha value is -0.370. The van der Waals surface area contributed by atoms with Gasteiger partial charge in [0.05, 0.1) is 8.95 Å². The van der Waals surface area contributed by atoms with Gasteiger partial charge in [-0.15, -0.1) is 0 Å². The van der Waals surface area contributed by atoms with Crippen molar-refractivity contribution in [2.75, 3.05) is 13.2 Å². The maximum Gasteiger partial charge on any atom is 0.333 e. The summed E-state index contributed by atoms with van der Waals surface area (Å²) in [5.41, 5.74) is 0.288. The van der Waals surface area contributed by atoms with Gasteiger partial charge in [-0.05, 0) is 50.9 Å². The second kappa shape index (κ2) is 8.17. The summed E-state index contributed by atoms with van der Waals surface area (Å²) in [6.07, 6.45) is -0.916. The molecule has 0 fully saturated rings. The molecular formula is C13H13Br3O4. The Kier molecular flexibility index (Phi) is 7.22. The van der Waals surface area contributed by atoms with Crippen molar-refractivity contribution in [2.45, 2.75) is 13.0 Å². The van der Waals surface area contributed by atoms with Crippen LogP contribution in [0.25, 0.3) is 0 Å². The van der Waals surface area contributed by atoms with E-state index in [1.54, 1.807) is 6.92 Å². The van der Waals surface area contributed by atoms with E-state index in [4.69, 9.17) is 9.47 Å². The average Bonchev–Trinajstić information content (AvgIpc) is 2.34. The molecule has 7 heteroatoms. The number of benzene rings is 1. The van der Waals surface area contributed by atoms with E-state index < -0.39 is 12.1 Å². The molecule has 1 N–H and O–H groups in total. The standard InChI is InChI=1S/C13H13Br3O4/c1-7(2)13(18)20-6-9(17)5-19-12-10(15)3-8(14)4-11(12)16/h3-4,9,17H,1,5-6H2,2H3. The van der Waals surface area contributed by atoms with Gasteiger partial charge in [-0.2, -0.15) is 0 Å². The molecule has 0 aliphatic rings. The molecule has 0 bridgehead atoms. The van der Waals surface area contributed by atoms with Crippen LogP contribution >= 0.6 is 47.8 Å². The Bertz CT molecular complexity index is 493. The van der Waals surface area contributed by atoms with Gasteiger partial charge in [0.2, 0.25) is 0 Å². The Balaban J connectivity index is 2.51. The van der Waals surface area contributed by atoms with Gasteiger partial charge in [0.25, 0.3) is 0 Å². The molecule has 1 aromatic rings. The Morgan fingerprint density at radius 2 is 1.85 bits per heavy atom. The van der Waals surface area contributed by atoms with E-state index in [-0.39, 0.29) is 18.8 Å². The van der Waals surface area contributed by atoms with Crippen molar-refractivity contribution in [2.24, 2.45) is 0 Å². The first-order valence-corrected chi connectivity index (χ1v) is 7.97. The van der Waals surface area contributed by atoms with Crippen molar-refractivity contribution in [3.63, 3.8) is 0 Å². The molecule has 0 aliphatic carbocycles. The molecule has 20 heavy (non-hydrogen) atoms. The van der Waals surface area contributed by atoms with Gasteiger partial charge < -0.3 is 14.6 Å². The predicted octanol–water partition coefficient (Wildman–Crippen LogP) is 3.83. The molecule has 0 radical (unpaired) electrons. The quantitative estimate of drug-likeness (QED) is 0.505. The Morgan fingerprint density at radius 1 is 1.30 bits per heavy atom. The molecule has 0 spiro atoms. The smallest absolute Gasteiger partial charge is 0.333 e. The molecule has 110 valence electrons. The molecule has 0 saturated carbocycles. The van der Waals surface area contributed by atoms with Crippen LogP contribution in [-0.2, 0) is 9.53 Å². The fourth-order valence-corrected chi connectivity index (χ4v) is 3.68. The lowest BCUT2D eigenvalue weighted by Gasteiger charge is -2.15. The monoisotopic (exact) mass is 470 g/mol. The number of hydrogen-bond donors (Lipinski definition) is 1. The number of esters is 1. The van der Waals surface area contributed by atoms with E-state index in [9.17, 15) is 9.90 Å². The zero-order chi connectivity index (χ0) is 15.3. The summed E-state index contributed by atoms with van der Waals surface area (Å²) in [6.45, 7) is 4.86. The van der Waals surface area contributed by atoms with Gasteiger partial charge in [0, 0.05) is 10.0 Å². The fraction of sp³-hybridized carbons (Fsp3) is 0.308. The van der Waals surface area contributed by atoms with E-state index in [0.717, 1.165) is 13.4 Å². The summed E-state index contributed by atoms with van der Waals surface area (Å²) in [5, 5.41) is 9.71. The van der Waals surface area contributed by atoms with Crippen LogP contribution in [0.2, 0.25) is 0 Å². The van der Waals surface area contributed by atoms with Gasteiger partial charge in [-0.25, -0.2) is 4.79 Å². The summed E-state index contributed by atoms with van der Waals surface area (Å²) in [5.74, 6) is 0.0357. The van der Waals surface area contributed by atoms with Crippen molar-refractivity contribution in [1.29, 1.82) is 0 Å². The Labute approximate surface area is 142 Å². The van der Waals surface area contributed by atoms with Crippen LogP contribution in [0.3, 0.4) is 0 Å². The van der Waals surface area contributed by atoms with Gasteiger partial charge in [-0.1, -0.05) is 22.5 Å². The summed E-state index contributed by atoms with van der Waals surface area (Å²) >= 11 is 10.1. The van der Waals surface area contributed by atoms with E-state index in [0.29, 0.717) is 5.75 Å². The van der Waals surface area contributed by atoms with Crippen LogP contribution in [-0.4, -0.2) is 30.4 Å². The molecule has 4 nitrogen and oxygen atoms in total. The molecule has 0 aromatic heterocycles. The highest BCUT2D eigenvalue weighted by Crippen LogP contribution is 2.36. The number of hydrogen-bond acceptors (Lipinski definition) is 4. The lowest BCUT2D eigenvalue weighted by molar-refractivity contribution is -0.142. The van der Waals surface area contributed by atoms with E-state index in [2.05, 4.69) is 54.4 Å². The van der Waals surface area contributed by atoms with E-state index in [1.807, 2.05) is 12.1 Å². The van der Waals surface area contributed by atoms with E-state index >= 15 is 0 Å². The zero-order valence-corrected chi connectivity index (χ0v) is 15.4. The Morgan fingerprint density at radius 3 is 2.35 bits per heavy atom. The van der Waals surface area contributed by atoms with Crippen LogP contribution in [0.15, 0.2) is 37.7 Å². The number of aliphatic hydroxyl groups is 1. The topological polar surface area (TPSA) is 55.8 Å². The van der Waals surface area contributed by atoms with Crippen LogP contribution in [0.4, 0.5) is 0 Å². The third-order valence-electron chi connectivity index (χ3n) is 2.14. The lowest BCUT2D eigenvalue weighted by Crippen LogP contribution is -2.25. The summed E-state index contributed by atoms with van der Waals surface area (Å²) < 4.78 is 12.7. The fourth-order valence-electron chi connectivity index (χ4n) is 1.19. The number of carbonyl (C=O) groups is 1. The molecule has 0 saturated heterocycles. The number of ether oxygens (including phenoxy) is 2. The molecule has 1 aromatic carbocycles. The second-order valence-corrected chi connectivity index (χ2v) is 6.67. The van der Waals surface area contributed by atoms with Crippen LogP contribution in [0.5, 0.6) is 5.75 Å². The minimum atomic E-state index is -0.916. The van der Waals surface area contributed by atoms with E-state index in [1.165, 1.54) is 0 Å². The molecule has 1 rings (SSSR count). The number of carbonyl (C=O) groups excluding carboxylic acids is 1. The summed E-state index contributed by atoms with van der Waals surface area (Å²) in [6, 6.07) is 3.65. The minimum absolute atomic E-state index is 0.00228. The molecule has 1 unspecified atom stereocenters. The van der Waals surface area contributed by atoms with Crippen molar-refractivity contribution in [3.8, 4) is 5.75 Å². The molecular weight excluding hydrogens is 460 g/mol. The maximum absolute atomic E-state index is 11.2. The molecule has 0 heterocycles. The summed E-state index contributed by atoms with van der Waals surface area (Å²) in [4.78, 5) is 11.2. The molecule has 1 atom stereocenters. The van der Waals surface area contributed by atoms with Crippen LogP contribution < -0.4 is 4.74 Å². The van der Waals surface area contributed by atoms with Crippen LogP contribution in [0, 0.1) is 0 Å². The first kappa shape index (κ1) is 17.7. The highest BCUT2D eigenvalue weighted by atomic mass is 79.9. The maximum atomic E-state index is 11.2. The zero-order valence-electron chi connectivity index (χ0n) is 10.7. The average molecular weight is 473 g/mol. The van der Waals surface area contributed by atoms with Crippen LogP contribution in [0.1, 0.15) is 6.92 Å². The van der Waals surface area contributed by atoms with Gasteiger partial charge in [0.15, 0.2) is 0 Å². The van der Waals surface area contributed by atoms with Gasteiger partial charge >= 0.3 is 5.97 Å². The van der Waals surface area contributed by atoms with Gasteiger partial charge in [-0.3, -0.25) is 0 Å². The number of aliphatic hydroxyl groups excluding tert-OH is 1. The normalized spacial score (nSPS) is 11.8. The number of rotatable bonds is 6. The van der Waals surface area contributed by atoms with Crippen molar-refractivity contribution in [3.05, 3.63) is 37.7 Å². The minimum Gasteiger partial charge on any atom is -0.488 e. The second-order valence-electron chi connectivity index (χ2n) is 4.04. The highest BCUT2D eigenvalue weighted by molar-refractivity contribution is 9.11. The van der Waals surface area contributed by atoms with Crippen molar-refractivity contribution in [1.82, 2.24) is 0 Å². The van der Waals surface area contributed by atoms with Gasteiger partial charge in [0.1, 0.15) is 25.1 Å². The number of halogens is 3. The SMILES string of the molecule is C=C(C)C(=O)OCC(O)COc1c(Br)cc(Br)cc1Br. The predicted molar refractivity (Wildman–Crippen MR) is 86.8 cm³/mol. The third-order valence-corrected chi connectivity index (χ3v) is 3.77. The first-order chi connectivity index (χ1) is 9.31. The lowest BCUT2D eigenvalue weighted by atomic mass is 10.3. The largest absolute Gasteiger partial charge is 0.488 e. The van der Waals surface area contributed by atoms with Crippen molar-refractivity contribution >= 4 is 53.8 Å². The molecule has 0 aliphatic heterocycles. The first-order valence-electron chi connectivity index (χ1n) is 5.59. The highest BCUT2D eigenvalue weighted by Gasteiger charge is 2.13. The van der Waals surface area contributed by atoms with Crippen molar-refractivity contribution < 1.29 is 19.4 Å². The summed E-state index contributed by atoms with van der Waals surface area (Å²) in [7, 11) is 0. The third kappa shape index (κ3) is 5.55.